The normalized spacial score (nSPS) is 15.1. The highest BCUT2D eigenvalue weighted by molar-refractivity contribution is 5.93. The second kappa shape index (κ2) is 7.75. The van der Waals surface area contributed by atoms with Crippen LogP contribution in [0.5, 0.6) is 0 Å². The van der Waals surface area contributed by atoms with E-state index in [4.69, 9.17) is 0 Å². The summed E-state index contributed by atoms with van der Waals surface area (Å²) in [4.78, 5) is 6.60. The molecule has 2 aromatic carbocycles. The van der Waals surface area contributed by atoms with Crippen molar-refractivity contribution in [3.63, 3.8) is 0 Å². The Balaban J connectivity index is 1.42. The van der Waals surface area contributed by atoms with Crippen LogP contribution in [0.2, 0.25) is 0 Å². The highest BCUT2D eigenvalue weighted by Gasteiger charge is 2.19. The number of hydrogen-bond donors (Lipinski definition) is 2. The maximum atomic E-state index is 10.5. The van der Waals surface area contributed by atoms with Gasteiger partial charge in [-0.2, -0.15) is 5.26 Å². The van der Waals surface area contributed by atoms with Crippen molar-refractivity contribution in [1.29, 1.82) is 5.26 Å². The van der Waals surface area contributed by atoms with Crippen molar-refractivity contribution in [3.05, 3.63) is 71.4 Å². The van der Waals surface area contributed by atoms with Crippen LogP contribution in [0, 0.1) is 11.3 Å². The lowest BCUT2D eigenvalue weighted by Gasteiger charge is -2.30. The lowest BCUT2D eigenvalue weighted by atomic mass is 10.00. The molecule has 2 N–H and O–H groups in total. The summed E-state index contributed by atoms with van der Waals surface area (Å²) in [6.07, 6.45) is 2.08. The molecule has 5 heteroatoms. The van der Waals surface area contributed by atoms with Crippen LogP contribution in [-0.2, 0) is 13.0 Å². The standard InChI is InChI=1S/C22H22N4O/c23-11-18-12-24-21-8-4-3-7-20(21)22(18)25-13-19(27)15-26-10-9-16-5-1-2-6-17(16)14-26/h1-8,12,19,27H,9-10,13-15H2,(H,24,25). The van der Waals surface area contributed by atoms with Gasteiger partial charge in [-0.25, -0.2) is 0 Å². The average Bonchev–Trinajstić information content (AvgIpc) is 2.71. The third-order valence-electron chi connectivity index (χ3n) is 5.09. The number of rotatable bonds is 5. The Morgan fingerprint density at radius 2 is 1.93 bits per heavy atom. The predicted molar refractivity (Wildman–Crippen MR) is 106 cm³/mol. The number of anilines is 1. The summed E-state index contributed by atoms with van der Waals surface area (Å²) in [6.45, 7) is 2.82. The maximum absolute atomic E-state index is 10.5. The molecule has 27 heavy (non-hydrogen) atoms. The molecule has 0 amide bonds. The van der Waals surface area contributed by atoms with Crippen molar-refractivity contribution < 1.29 is 5.11 Å². The summed E-state index contributed by atoms with van der Waals surface area (Å²) in [7, 11) is 0. The molecule has 136 valence electrons. The molecule has 0 saturated carbocycles. The average molecular weight is 358 g/mol. The molecule has 1 aliphatic heterocycles. The van der Waals surface area contributed by atoms with Gasteiger partial charge in [-0.1, -0.05) is 42.5 Å². The highest BCUT2D eigenvalue weighted by Crippen LogP contribution is 2.25. The van der Waals surface area contributed by atoms with E-state index >= 15 is 0 Å². The second-order valence-corrected chi connectivity index (χ2v) is 6.96. The lowest BCUT2D eigenvalue weighted by molar-refractivity contribution is 0.114. The first-order chi connectivity index (χ1) is 13.2. The van der Waals surface area contributed by atoms with Crippen molar-refractivity contribution in [3.8, 4) is 6.07 Å². The van der Waals surface area contributed by atoms with E-state index < -0.39 is 6.10 Å². The van der Waals surface area contributed by atoms with Gasteiger partial charge in [0.25, 0.3) is 0 Å². The Labute approximate surface area is 158 Å². The number of nitriles is 1. The zero-order chi connectivity index (χ0) is 18.6. The van der Waals surface area contributed by atoms with E-state index in [1.165, 1.54) is 11.1 Å². The molecule has 0 saturated heterocycles. The minimum Gasteiger partial charge on any atom is -0.390 e. The number of aliphatic hydroxyl groups excluding tert-OH is 1. The fourth-order valence-electron chi connectivity index (χ4n) is 3.71. The molecule has 1 aliphatic rings. The first-order valence-corrected chi connectivity index (χ1v) is 9.23. The van der Waals surface area contributed by atoms with E-state index in [0.717, 1.165) is 36.1 Å². The summed E-state index contributed by atoms with van der Waals surface area (Å²) in [5.74, 6) is 0. The Hall–Kier alpha value is -2.94. The number of aliphatic hydroxyl groups is 1. The van der Waals surface area contributed by atoms with Gasteiger partial charge in [0.1, 0.15) is 6.07 Å². The first-order valence-electron chi connectivity index (χ1n) is 9.23. The van der Waals surface area contributed by atoms with E-state index in [1.54, 1.807) is 6.20 Å². The minimum absolute atomic E-state index is 0.390. The van der Waals surface area contributed by atoms with E-state index in [2.05, 4.69) is 45.5 Å². The molecule has 0 radical (unpaired) electrons. The number of aromatic nitrogens is 1. The Kier molecular flexibility index (Phi) is 5.01. The van der Waals surface area contributed by atoms with Gasteiger partial charge in [0.15, 0.2) is 0 Å². The van der Waals surface area contributed by atoms with Gasteiger partial charge in [-0.3, -0.25) is 9.88 Å². The van der Waals surface area contributed by atoms with Gasteiger partial charge < -0.3 is 10.4 Å². The van der Waals surface area contributed by atoms with Crippen LogP contribution >= 0.6 is 0 Å². The monoisotopic (exact) mass is 358 g/mol. The first kappa shape index (κ1) is 17.5. The van der Waals surface area contributed by atoms with Crippen molar-refractivity contribution in [2.75, 3.05) is 25.0 Å². The molecule has 1 aromatic heterocycles. The summed E-state index contributed by atoms with van der Waals surface area (Å²) in [5, 5.41) is 24.1. The zero-order valence-corrected chi connectivity index (χ0v) is 15.1. The van der Waals surface area contributed by atoms with Gasteiger partial charge in [-0.15, -0.1) is 0 Å². The fraction of sp³-hybridized carbons (Fsp3) is 0.273. The molecule has 4 rings (SSSR count). The predicted octanol–water partition coefficient (Wildman–Crippen LogP) is 2.94. The third-order valence-corrected chi connectivity index (χ3v) is 5.09. The van der Waals surface area contributed by atoms with Gasteiger partial charge in [-0.05, 0) is 23.6 Å². The highest BCUT2D eigenvalue weighted by atomic mass is 16.3. The largest absolute Gasteiger partial charge is 0.390 e. The zero-order valence-electron chi connectivity index (χ0n) is 15.1. The minimum atomic E-state index is -0.520. The van der Waals surface area contributed by atoms with Crippen LogP contribution in [0.1, 0.15) is 16.7 Å². The number of nitrogens with zero attached hydrogens (tertiary/aromatic N) is 3. The molecule has 1 atom stereocenters. The molecule has 0 spiro atoms. The van der Waals surface area contributed by atoms with Crippen LogP contribution in [0.25, 0.3) is 10.9 Å². The second-order valence-electron chi connectivity index (χ2n) is 6.96. The molecule has 2 heterocycles. The molecule has 0 bridgehead atoms. The van der Waals surface area contributed by atoms with Crippen LogP contribution in [0.4, 0.5) is 5.69 Å². The topological polar surface area (TPSA) is 72.2 Å². The SMILES string of the molecule is N#Cc1cnc2ccccc2c1NCC(O)CN1CCc2ccccc2C1. The Morgan fingerprint density at radius 1 is 1.15 bits per heavy atom. The van der Waals surface area contributed by atoms with Crippen LogP contribution < -0.4 is 5.32 Å². The third kappa shape index (κ3) is 3.77. The quantitative estimate of drug-likeness (QED) is 0.734. The van der Waals surface area contributed by atoms with Crippen LogP contribution in [-0.4, -0.2) is 40.7 Å². The van der Waals surface area contributed by atoms with Gasteiger partial charge in [0, 0.05) is 37.8 Å². The van der Waals surface area contributed by atoms with Crippen LogP contribution in [0.3, 0.4) is 0 Å². The molecular weight excluding hydrogens is 336 g/mol. The van der Waals surface area contributed by atoms with E-state index in [-0.39, 0.29) is 0 Å². The maximum Gasteiger partial charge on any atom is 0.103 e. The summed E-state index contributed by atoms with van der Waals surface area (Å²) in [5.41, 5.74) is 4.82. The van der Waals surface area contributed by atoms with Crippen LogP contribution in [0.15, 0.2) is 54.7 Å². The summed E-state index contributed by atoms with van der Waals surface area (Å²) in [6, 6.07) is 18.4. The molecule has 3 aromatic rings. The number of para-hydroxylation sites is 1. The number of β-amino-alcohol motifs (C(OH)–C–C–N with tert-alkyl or cyclic N) is 1. The van der Waals surface area contributed by atoms with Crippen molar-refractivity contribution in [1.82, 2.24) is 9.88 Å². The van der Waals surface area contributed by atoms with E-state index in [1.807, 2.05) is 24.3 Å². The van der Waals surface area contributed by atoms with Gasteiger partial charge in [0.05, 0.1) is 22.9 Å². The van der Waals surface area contributed by atoms with E-state index in [9.17, 15) is 10.4 Å². The van der Waals surface area contributed by atoms with E-state index in [0.29, 0.717) is 18.7 Å². The molecular formula is C22H22N4O. The molecule has 0 fully saturated rings. The van der Waals surface area contributed by atoms with Gasteiger partial charge in [0.2, 0.25) is 0 Å². The number of nitrogens with one attached hydrogen (secondary N) is 1. The Morgan fingerprint density at radius 3 is 2.78 bits per heavy atom. The lowest BCUT2D eigenvalue weighted by Crippen LogP contribution is -2.39. The number of benzene rings is 2. The molecule has 1 unspecified atom stereocenters. The van der Waals surface area contributed by atoms with Crippen molar-refractivity contribution in [2.24, 2.45) is 0 Å². The number of pyridine rings is 1. The van der Waals surface area contributed by atoms with Crippen molar-refractivity contribution >= 4 is 16.6 Å². The van der Waals surface area contributed by atoms with Crippen molar-refractivity contribution in [2.45, 2.75) is 19.1 Å². The number of hydrogen-bond acceptors (Lipinski definition) is 5. The molecule has 5 nitrogen and oxygen atoms in total. The smallest absolute Gasteiger partial charge is 0.103 e. The summed E-state index contributed by atoms with van der Waals surface area (Å²) >= 11 is 0. The number of fused-ring (bicyclic) bond motifs is 2. The Bertz CT molecular complexity index is 995. The van der Waals surface area contributed by atoms with Gasteiger partial charge >= 0.3 is 0 Å². The fourth-order valence-corrected chi connectivity index (χ4v) is 3.71. The molecule has 0 aliphatic carbocycles. The summed E-state index contributed by atoms with van der Waals surface area (Å²) < 4.78 is 0.